The van der Waals surface area contributed by atoms with E-state index in [9.17, 15) is 0 Å². The average molecular weight is 214 g/mol. The number of hydrogen-bond acceptors (Lipinski definition) is 0. The van der Waals surface area contributed by atoms with Crippen LogP contribution in [0.2, 0.25) is 0 Å². The van der Waals surface area contributed by atoms with Crippen molar-refractivity contribution in [2.24, 2.45) is 0 Å². The minimum atomic E-state index is 0.534. The van der Waals surface area contributed by atoms with E-state index in [0.717, 1.165) is 25.7 Å². The molecular formula is C16H22. The van der Waals surface area contributed by atoms with Crippen molar-refractivity contribution in [3.63, 3.8) is 0 Å². The van der Waals surface area contributed by atoms with E-state index in [1.54, 1.807) is 0 Å². The second-order valence-electron chi connectivity index (χ2n) is 4.25. The zero-order valence-corrected chi connectivity index (χ0v) is 10.7. The molecule has 16 heavy (non-hydrogen) atoms. The van der Waals surface area contributed by atoms with Gasteiger partial charge < -0.3 is 0 Å². The molecule has 1 atom stereocenters. The third-order valence-electron chi connectivity index (χ3n) is 3.30. The standard InChI is InChI=1S/C16H22/c1-5-9-14(7-3)16-12-13(6-2)10-11-15(16)8-4/h1,10-12,14H,6-9H2,2-4H3. The van der Waals surface area contributed by atoms with Crippen LogP contribution in [0.25, 0.3) is 0 Å². The Hall–Kier alpha value is -1.22. The lowest BCUT2D eigenvalue weighted by Crippen LogP contribution is -2.02. The highest BCUT2D eigenvalue weighted by molar-refractivity contribution is 5.35. The third kappa shape index (κ3) is 2.89. The molecule has 0 aromatic heterocycles. The predicted octanol–water partition coefficient (Wildman–Crippen LogP) is 4.33. The smallest absolute Gasteiger partial charge is 0.0155 e. The Labute approximate surface area is 100 Å². The summed E-state index contributed by atoms with van der Waals surface area (Å²) in [4.78, 5) is 0. The lowest BCUT2D eigenvalue weighted by Gasteiger charge is -2.17. The summed E-state index contributed by atoms with van der Waals surface area (Å²) in [6.45, 7) is 6.64. The Kier molecular flexibility index (Phi) is 5.12. The number of hydrogen-bond donors (Lipinski definition) is 0. The molecule has 1 unspecified atom stereocenters. The topological polar surface area (TPSA) is 0 Å². The number of rotatable bonds is 5. The average Bonchev–Trinajstić information content (AvgIpc) is 2.35. The molecule has 86 valence electrons. The first kappa shape index (κ1) is 12.8. The summed E-state index contributed by atoms with van der Waals surface area (Å²) in [5, 5.41) is 0. The molecule has 0 bridgehead atoms. The van der Waals surface area contributed by atoms with Crippen LogP contribution in [0.3, 0.4) is 0 Å². The normalized spacial score (nSPS) is 12.1. The summed E-state index contributed by atoms with van der Waals surface area (Å²) in [5.74, 6) is 3.34. The molecule has 0 spiro atoms. The van der Waals surface area contributed by atoms with Gasteiger partial charge in [0.2, 0.25) is 0 Å². The van der Waals surface area contributed by atoms with Gasteiger partial charge in [-0.2, -0.15) is 0 Å². The molecule has 0 N–H and O–H groups in total. The van der Waals surface area contributed by atoms with E-state index in [1.807, 2.05) is 0 Å². The molecule has 0 amide bonds. The zero-order chi connectivity index (χ0) is 12.0. The van der Waals surface area contributed by atoms with Crippen LogP contribution in [-0.2, 0) is 12.8 Å². The van der Waals surface area contributed by atoms with Crippen LogP contribution < -0.4 is 0 Å². The molecule has 0 saturated heterocycles. The molecule has 1 aromatic carbocycles. The summed E-state index contributed by atoms with van der Waals surface area (Å²) in [7, 11) is 0. The second kappa shape index (κ2) is 6.38. The van der Waals surface area contributed by atoms with Gasteiger partial charge in [0.05, 0.1) is 0 Å². The molecule has 0 fully saturated rings. The van der Waals surface area contributed by atoms with Crippen molar-refractivity contribution in [2.45, 2.75) is 52.4 Å². The van der Waals surface area contributed by atoms with Crippen LogP contribution >= 0.6 is 0 Å². The minimum Gasteiger partial charge on any atom is -0.120 e. The maximum Gasteiger partial charge on any atom is 0.0155 e. The highest BCUT2D eigenvalue weighted by atomic mass is 14.2. The Morgan fingerprint density at radius 3 is 2.44 bits per heavy atom. The monoisotopic (exact) mass is 214 g/mol. The minimum absolute atomic E-state index is 0.534. The van der Waals surface area contributed by atoms with E-state index in [-0.39, 0.29) is 0 Å². The second-order valence-corrected chi connectivity index (χ2v) is 4.25. The molecule has 0 radical (unpaired) electrons. The van der Waals surface area contributed by atoms with Gasteiger partial charge in [-0.15, -0.1) is 12.3 Å². The molecule has 1 rings (SSSR count). The Bertz CT molecular complexity index is 368. The van der Waals surface area contributed by atoms with Gasteiger partial charge >= 0.3 is 0 Å². The molecule has 0 nitrogen and oxygen atoms in total. The first-order valence-electron chi connectivity index (χ1n) is 6.31. The van der Waals surface area contributed by atoms with Gasteiger partial charge in [0.1, 0.15) is 0 Å². The zero-order valence-electron chi connectivity index (χ0n) is 10.7. The van der Waals surface area contributed by atoms with Gasteiger partial charge in [-0.1, -0.05) is 39.0 Å². The fourth-order valence-corrected chi connectivity index (χ4v) is 2.18. The molecular weight excluding hydrogens is 192 g/mol. The van der Waals surface area contributed by atoms with E-state index in [2.05, 4.69) is 44.9 Å². The van der Waals surface area contributed by atoms with Crippen LogP contribution in [0.5, 0.6) is 0 Å². The van der Waals surface area contributed by atoms with Gasteiger partial charge in [0.15, 0.2) is 0 Å². The number of benzene rings is 1. The molecule has 0 saturated carbocycles. The summed E-state index contributed by atoms with van der Waals surface area (Å²) in [5.41, 5.74) is 4.35. The Morgan fingerprint density at radius 2 is 1.94 bits per heavy atom. The van der Waals surface area contributed by atoms with E-state index in [0.29, 0.717) is 5.92 Å². The van der Waals surface area contributed by atoms with Gasteiger partial charge in [0.25, 0.3) is 0 Å². The van der Waals surface area contributed by atoms with E-state index in [4.69, 9.17) is 6.42 Å². The van der Waals surface area contributed by atoms with Gasteiger partial charge in [-0.3, -0.25) is 0 Å². The largest absolute Gasteiger partial charge is 0.120 e. The van der Waals surface area contributed by atoms with Crippen molar-refractivity contribution < 1.29 is 0 Å². The summed E-state index contributed by atoms with van der Waals surface area (Å²) in [6, 6.07) is 6.86. The van der Waals surface area contributed by atoms with Gasteiger partial charge in [0, 0.05) is 6.42 Å². The van der Waals surface area contributed by atoms with Gasteiger partial charge in [-0.25, -0.2) is 0 Å². The van der Waals surface area contributed by atoms with Crippen LogP contribution in [0.4, 0.5) is 0 Å². The summed E-state index contributed by atoms with van der Waals surface area (Å²) in [6.07, 6.45) is 9.64. The molecule has 0 heterocycles. The van der Waals surface area contributed by atoms with Crippen molar-refractivity contribution in [1.29, 1.82) is 0 Å². The van der Waals surface area contributed by atoms with Crippen LogP contribution in [0, 0.1) is 12.3 Å². The first-order valence-corrected chi connectivity index (χ1v) is 6.31. The highest BCUT2D eigenvalue weighted by Gasteiger charge is 2.12. The van der Waals surface area contributed by atoms with Crippen molar-refractivity contribution in [3.05, 3.63) is 34.9 Å². The van der Waals surface area contributed by atoms with E-state index < -0.39 is 0 Å². The third-order valence-corrected chi connectivity index (χ3v) is 3.30. The Balaban J connectivity index is 3.11. The summed E-state index contributed by atoms with van der Waals surface area (Å²) >= 11 is 0. The maximum absolute atomic E-state index is 5.45. The van der Waals surface area contributed by atoms with Crippen LogP contribution in [0.15, 0.2) is 18.2 Å². The summed E-state index contributed by atoms with van der Waals surface area (Å²) < 4.78 is 0. The number of aryl methyl sites for hydroxylation is 2. The predicted molar refractivity (Wildman–Crippen MR) is 71.7 cm³/mol. The fourth-order valence-electron chi connectivity index (χ4n) is 2.18. The van der Waals surface area contributed by atoms with Crippen LogP contribution in [-0.4, -0.2) is 0 Å². The van der Waals surface area contributed by atoms with Gasteiger partial charge in [-0.05, 0) is 41.9 Å². The maximum atomic E-state index is 5.45. The lowest BCUT2D eigenvalue weighted by molar-refractivity contribution is 0.675. The SMILES string of the molecule is C#CCC(CC)c1cc(CC)ccc1CC. The molecule has 0 heteroatoms. The molecule has 1 aromatic rings. The molecule has 0 aliphatic rings. The van der Waals surface area contributed by atoms with Crippen molar-refractivity contribution in [1.82, 2.24) is 0 Å². The molecule has 0 aliphatic carbocycles. The van der Waals surface area contributed by atoms with Crippen molar-refractivity contribution in [3.8, 4) is 12.3 Å². The fraction of sp³-hybridized carbons (Fsp3) is 0.500. The molecule has 0 aliphatic heterocycles. The Morgan fingerprint density at radius 1 is 1.19 bits per heavy atom. The van der Waals surface area contributed by atoms with E-state index >= 15 is 0 Å². The lowest BCUT2D eigenvalue weighted by atomic mass is 9.87. The number of terminal acetylenes is 1. The highest BCUT2D eigenvalue weighted by Crippen LogP contribution is 2.27. The quantitative estimate of drug-likeness (QED) is 0.640. The van der Waals surface area contributed by atoms with E-state index in [1.165, 1.54) is 16.7 Å². The van der Waals surface area contributed by atoms with Crippen molar-refractivity contribution >= 4 is 0 Å². The first-order chi connectivity index (χ1) is 7.76. The van der Waals surface area contributed by atoms with Crippen LogP contribution in [0.1, 0.15) is 56.2 Å². The van der Waals surface area contributed by atoms with Crippen molar-refractivity contribution in [2.75, 3.05) is 0 Å².